The first-order valence-electron chi connectivity index (χ1n) is 8.11. The average molecular weight is 315 g/mol. The van der Waals surface area contributed by atoms with Gasteiger partial charge in [0.15, 0.2) is 0 Å². The highest BCUT2D eigenvalue weighted by molar-refractivity contribution is 6.06. The van der Waals surface area contributed by atoms with Crippen molar-refractivity contribution < 1.29 is 14.4 Å². The van der Waals surface area contributed by atoms with E-state index in [0.29, 0.717) is 18.5 Å². The molecule has 2 saturated heterocycles. The van der Waals surface area contributed by atoms with Crippen LogP contribution in [-0.4, -0.2) is 37.4 Å². The van der Waals surface area contributed by atoms with E-state index in [0.717, 1.165) is 38.0 Å². The molecule has 6 heteroatoms. The highest BCUT2D eigenvalue weighted by Crippen LogP contribution is 2.22. The third-order valence-corrected chi connectivity index (χ3v) is 4.44. The molecule has 0 radical (unpaired) electrons. The number of carbonyl (C=O) groups excluding carboxylic acids is 3. The molecule has 0 aliphatic carbocycles. The number of rotatable bonds is 3. The first-order valence-corrected chi connectivity index (χ1v) is 8.11. The van der Waals surface area contributed by atoms with Crippen molar-refractivity contribution in [2.24, 2.45) is 5.92 Å². The van der Waals surface area contributed by atoms with Gasteiger partial charge in [-0.3, -0.25) is 19.7 Å². The van der Waals surface area contributed by atoms with Gasteiger partial charge in [-0.05, 0) is 50.6 Å². The van der Waals surface area contributed by atoms with Crippen molar-refractivity contribution in [3.05, 3.63) is 29.8 Å². The number of imide groups is 1. The minimum Gasteiger partial charge on any atom is -0.317 e. The van der Waals surface area contributed by atoms with Crippen LogP contribution in [0.5, 0.6) is 0 Å². The number of benzene rings is 1. The molecule has 0 unspecified atom stereocenters. The molecular formula is C17H21N3O3. The maximum absolute atomic E-state index is 12.3. The molecule has 0 aromatic heterocycles. The fourth-order valence-electron chi connectivity index (χ4n) is 3.11. The largest absolute Gasteiger partial charge is 0.317 e. The van der Waals surface area contributed by atoms with E-state index in [9.17, 15) is 14.4 Å². The molecular weight excluding hydrogens is 294 g/mol. The van der Waals surface area contributed by atoms with Crippen LogP contribution in [0, 0.1) is 5.92 Å². The Morgan fingerprint density at radius 1 is 1.22 bits per heavy atom. The Morgan fingerprint density at radius 3 is 2.70 bits per heavy atom. The van der Waals surface area contributed by atoms with E-state index >= 15 is 0 Å². The number of piperidine rings is 1. The normalized spacial score (nSPS) is 19.0. The van der Waals surface area contributed by atoms with Crippen molar-refractivity contribution in [2.75, 3.05) is 24.5 Å². The molecule has 0 atom stereocenters. The Labute approximate surface area is 135 Å². The van der Waals surface area contributed by atoms with E-state index in [2.05, 4.69) is 10.6 Å². The van der Waals surface area contributed by atoms with Crippen molar-refractivity contribution in [3.63, 3.8) is 0 Å². The fraction of sp³-hybridized carbons (Fsp3) is 0.471. The molecule has 1 aromatic carbocycles. The van der Waals surface area contributed by atoms with E-state index in [1.54, 1.807) is 23.1 Å². The molecule has 0 bridgehead atoms. The van der Waals surface area contributed by atoms with E-state index in [-0.39, 0.29) is 17.7 Å². The standard InChI is InChI=1S/C17H21N3O3/c21-15-5-2-10-20(15)14-4-1-3-13(11-14)17(23)19-16(22)12-6-8-18-9-7-12/h1,3-4,11-12,18H,2,5-10H2,(H,19,22,23). The summed E-state index contributed by atoms with van der Waals surface area (Å²) in [4.78, 5) is 37.9. The van der Waals surface area contributed by atoms with Gasteiger partial charge in [-0.2, -0.15) is 0 Å². The summed E-state index contributed by atoms with van der Waals surface area (Å²) in [5.41, 5.74) is 1.12. The van der Waals surface area contributed by atoms with Gasteiger partial charge in [-0.1, -0.05) is 6.07 Å². The Hall–Kier alpha value is -2.21. The second kappa shape index (κ2) is 6.91. The van der Waals surface area contributed by atoms with E-state index < -0.39 is 5.91 Å². The van der Waals surface area contributed by atoms with Gasteiger partial charge in [0, 0.05) is 30.1 Å². The van der Waals surface area contributed by atoms with Crippen LogP contribution in [0.15, 0.2) is 24.3 Å². The SMILES string of the molecule is O=C(NC(=O)C1CCNCC1)c1cccc(N2CCCC2=O)c1. The van der Waals surface area contributed by atoms with Crippen LogP contribution in [0.25, 0.3) is 0 Å². The molecule has 122 valence electrons. The summed E-state index contributed by atoms with van der Waals surface area (Å²) in [6.45, 7) is 2.29. The highest BCUT2D eigenvalue weighted by Gasteiger charge is 2.24. The number of carbonyl (C=O) groups is 3. The first kappa shape index (κ1) is 15.7. The Bertz CT molecular complexity index is 623. The second-order valence-electron chi connectivity index (χ2n) is 6.04. The molecule has 2 N–H and O–H groups in total. The number of nitrogens with one attached hydrogen (secondary N) is 2. The van der Waals surface area contributed by atoms with Gasteiger partial charge in [0.1, 0.15) is 0 Å². The zero-order valence-electron chi connectivity index (χ0n) is 13.0. The van der Waals surface area contributed by atoms with Crippen LogP contribution in [-0.2, 0) is 9.59 Å². The van der Waals surface area contributed by atoms with Gasteiger partial charge >= 0.3 is 0 Å². The first-order chi connectivity index (χ1) is 11.1. The van der Waals surface area contributed by atoms with Crippen LogP contribution in [0.2, 0.25) is 0 Å². The van der Waals surface area contributed by atoms with Crippen molar-refractivity contribution in [2.45, 2.75) is 25.7 Å². The third-order valence-electron chi connectivity index (χ3n) is 4.44. The lowest BCUT2D eigenvalue weighted by molar-refractivity contribution is -0.124. The topological polar surface area (TPSA) is 78.5 Å². The summed E-state index contributed by atoms with van der Waals surface area (Å²) < 4.78 is 0. The van der Waals surface area contributed by atoms with E-state index in [1.807, 2.05) is 6.07 Å². The summed E-state index contributed by atoms with van der Waals surface area (Å²) in [6.07, 6.45) is 2.89. The highest BCUT2D eigenvalue weighted by atomic mass is 16.2. The third kappa shape index (κ3) is 3.59. The lowest BCUT2D eigenvalue weighted by atomic mass is 9.97. The number of anilines is 1. The molecule has 2 fully saturated rings. The van der Waals surface area contributed by atoms with Gasteiger partial charge in [0.25, 0.3) is 5.91 Å². The summed E-state index contributed by atoms with van der Waals surface area (Å²) in [6, 6.07) is 6.89. The smallest absolute Gasteiger partial charge is 0.257 e. The maximum atomic E-state index is 12.3. The molecule has 2 aliphatic rings. The molecule has 0 saturated carbocycles. The average Bonchev–Trinajstić information content (AvgIpc) is 3.02. The molecule has 3 rings (SSSR count). The van der Waals surface area contributed by atoms with Gasteiger partial charge in [0.2, 0.25) is 11.8 Å². The van der Waals surface area contributed by atoms with Crippen LogP contribution < -0.4 is 15.5 Å². The second-order valence-corrected chi connectivity index (χ2v) is 6.04. The van der Waals surface area contributed by atoms with E-state index in [4.69, 9.17) is 0 Å². The summed E-state index contributed by atoms with van der Waals surface area (Å²) in [5.74, 6) is -0.641. The Balaban J connectivity index is 1.67. The zero-order chi connectivity index (χ0) is 16.2. The van der Waals surface area contributed by atoms with Gasteiger partial charge in [-0.25, -0.2) is 0 Å². The van der Waals surface area contributed by atoms with Crippen molar-refractivity contribution in [3.8, 4) is 0 Å². The van der Waals surface area contributed by atoms with Crippen LogP contribution in [0.1, 0.15) is 36.0 Å². The van der Waals surface area contributed by atoms with Gasteiger partial charge in [0.05, 0.1) is 0 Å². The molecule has 3 amide bonds. The van der Waals surface area contributed by atoms with Crippen molar-refractivity contribution in [1.29, 1.82) is 0 Å². The molecule has 2 aliphatic heterocycles. The summed E-state index contributed by atoms with van der Waals surface area (Å²) in [7, 11) is 0. The summed E-state index contributed by atoms with van der Waals surface area (Å²) >= 11 is 0. The molecule has 23 heavy (non-hydrogen) atoms. The maximum Gasteiger partial charge on any atom is 0.257 e. The molecule has 1 aromatic rings. The number of nitrogens with zero attached hydrogens (tertiary/aromatic N) is 1. The van der Waals surface area contributed by atoms with Crippen molar-refractivity contribution >= 4 is 23.4 Å². The summed E-state index contributed by atoms with van der Waals surface area (Å²) in [5, 5.41) is 5.68. The van der Waals surface area contributed by atoms with E-state index in [1.165, 1.54) is 0 Å². The van der Waals surface area contributed by atoms with Crippen LogP contribution >= 0.6 is 0 Å². The van der Waals surface area contributed by atoms with Crippen molar-refractivity contribution in [1.82, 2.24) is 10.6 Å². The molecule has 2 heterocycles. The van der Waals surface area contributed by atoms with Gasteiger partial charge in [-0.15, -0.1) is 0 Å². The Kier molecular flexibility index (Phi) is 4.71. The number of hydrogen-bond donors (Lipinski definition) is 2. The molecule has 0 spiro atoms. The monoisotopic (exact) mass is 315 g/mol. The van der Waals surface area contributed by atoms with Gasteiger partial charge < -0.3 is 10.2 Å². The zero-order valence-corrected chi connectivity index (χ0v) is 13.0. The quantitative estimate of drug-likeness (QED) is 0.818. The predicted octanol–water partition coefficient (Wildman–Crippen LogP) is 1.07. The van der Waals surface area contributed by atoms with Crippen LogP contribution in [0.4, 0.5) is 5.69 Å². The predicted molar refractivity (Wildman–Crippen MR) is 86.1 cm³/mol. The fourth-order valence-corrected chi connectivity index (χ4v) is 3.11. The minimum atomic E-state index is -0.401. The number of hydrogen-bond acceptors (Lipinski definition) is 4. The number of amides is 3. The lowest BCUT2D eigenvalue weighted by Crippen LogP contribution is -2.40. The minimum absolute atomic E-state index is 0.0772. The van der Waals surface area contributed by atoms with Crippen LogP contribution in [0.3, 0.4) is 0 Å². The lowest BCUT2D eigenvalue weighted by Gasteiger charge is -2.21. The Morgan fingerprint density at radius 2 is 2.00 bits per heavy atom. The molecule has 6 nitrogen and oxygen atoms in total.